The van der Waals surface area contributed by atoms with Gasteiger partial charge in [-0.25, -0.2) is 0 Å². The van der Waals surface area contributed by atoms with Gasteiger partial charge in [-0.1, -0.05) is 18.2 Å². The third kappa shape index (κ3) is 2.12. The third-order valence-electron chi connectivity index (χ3n) is 4.05. The molecule has 4 heteroatoms. The van der Waals surface area contributed by atoms with E-state index in [1.807, 2.05) is 24.3 Å². The summed E-state index contributed by atoms with van der Waals surface area (Å²) in [6, 6.07) is 10.4. The van der Waals surface area contributed by atoms with Crippen LogP contribution in [0.2, 0.25) is 0 Å². The molecule has 2 N–H and O–H groups in total. The lowest BCUT2D eigenvalue weighted by atomic mass is 10.0. The lowest BCUT2D eigenvalue weighted by Gasteiger charge is -2.31. The Morgan fingerprint density at radius 3 is 2.63 bits per heavy atom. The molecule has 1 aromatic carbocycles. The molecule has 0 bridgehead atoms. The molecule has 1 aliphatic rings. The number of nitrogens with two attached hydrogens (primary N) is 1. The van der Waals surface area contributed by atoms with Gasteiger partial charge in [-0.3, -0.25) is 4.79 Å². The lowest BCUT2D eigenvalue weighted by molar-refractivity contribution is 0.0986. The van der Waals surface area contributed by atoms with Crippen LogP contribution in [0.3, 0.4) is 0 Å². The maximum atomic E-state index is 11.7. The zero-order chi connectivity index (χ0) is 13.4. The first-order valence-corrected chi connectivity index (χ1v) is 6.75. The molecule has 0 unspecified atom stereocenters. The van der Waals surface area contributed by atoms with Crippen LogP contribution >= 0.6 is 0 Å². The normalized spacial score (nSPS) is 17.9. The van der Waals surface area contributed by atoms with Crippen LogP contribution < -0.4 is 5.73 Å². The van der Waals surface area contributed by atoms with Crippen molar-refractivity contribution in [3.8, 4) is 0 Å². The number of likely N-dealkylation sites (tertiary alicyclic amines) is 1. The van der Waals surface area contributed by atoms with Crippen LogP contribution in [0.15, 0.2) is 30.3 Å². The number of primary amides is 1. The van der Waals surface area contributed by atoms with Gasteiger partial charge in [-0.2, -0.15) is 0 Å². The van der Waals surface area contributed by atoms with Crippen LogP contribution in [0, 0.1) is 0 Å². The number of carbonyl (C=O) groups is 1. The van der Waals surface area contributed by atoms with Gasteiger partial charge in [0.15, 0.2) is 0 Å². The van der Waals surface area contributed by atoms with Crippen LogP contribution in [0.4, 0.5) is 0 Å². The van der Waals surface area contributed by atoms with Gasteiger partial charge < -0.3 is 15.2 Å². The second-order valence-corrected chi connectivity index (χ2v) is 5.36. The minimum absolute atomic E-state index is 0.338. The van der Waals surface area contributed by atoms with E-state index in [-0.39, 0.29) is 5.91 Å². The van der Waals surface area contributed by atoms with Gasteiger partial charge in [0.25, 0.3) is 5.91 Å². The first-order valence-electron chi connectivity index (χ1n) is 6.75. The molecule has 2 aromatic rings. The Labute approximate surface area is 112 Å². The van der Waals surface area contributed by atoms with Gasteiger partial charge in [-0.15, -0.1) is 0 Å². The maximum absolute atomic E-state index is 11.7. The molecule has 0 atom stereocenters. The van der Waals surface area contributed by atoms with Crippen LogP contribution in [-0.4, -0.2) is 35.5 Å². The van der Waals surface area contributed by atoms with Crippen molar-refractivity contribution in [3.63, 3.8) is 0 Å². The topological polar surface area (TPSA) is 51.3 Å². The minimum atomic E-state index is -0.338. The number of benzene rings is 1. The zero-order valence-corrected chi connectivity index (χ0v) is 11.2. The highest BCUT2D eigenvalue weighted by atomic mass is 16.1. The summed E-state index contributed by atoms with van der Waals surface area (Å²) in [5, 5.41) is 1.09. The number of carbonyl (C=O) groups excluding carboxylic acids is 1. The smallest absolute Gasteiger partial charge is 0.265 e. The molecule has 1 fully saturated rings. The molecule has 0 spiro atoms. The summed E-state index contributed by atoms with van der Waals surface area (Å²) in [5.74, 6) is -0.338. The molecule has 19 heavy (non-hydrogen) atoms. The van der Waals surface area contributed by atoms with Gasteiger partial charge in [0, 0.05) is 16.9 Å². The zero-order valence-electron chi connectivity index (χ0n) is 11.2. The predicted molar refractivity (Wildman–Crippen MR) is 76.2 cm³/mol. The highest BCUT2D eigenvalue weighted by Crippen LogP contribution is 2.30. The van der Waals surface area contributed by atoms with Crippen molar-refractivity contribution < 1.29 is 4.79 Å². The number of hydrogen-bond acceptors (Lipinski definition) is 2. The quantitative estimate of drug-likeness (QED) is 0.894. The summed E-state index contributed by atoms with van der Waals surface area (Å²) in [5.41, 5.74) is 7.29. The summed E-state index contributed by atoms with van der Waals surface area (Å²) in [4.78, 5) is 14.0. The molecule has 0 radical (unpaired) electrons. The maximum Gasteiger partial charge on any atom is 0.265 e. The third-order valence-corrected chi connectivity index (χ3v) is 4.05. The van der Waals surface area contributed by atoms with E-state index in [9.17, 15) is 4.79 Å². The van der Waals surface area contributed by atoms with Crippen molar-refractivity contribution in [2.45, 2.75) is 18.9 Å². The lowest BCUT2D eigenvalue weighted by Crippen LogP contribution is -2.32. The fraction of sp³-hybridized carbons (Fsp3) is 0.400. The fourth-order valence-electron chi connectivity index (χ4n) is 3.01. The summed E-state index contributed by atoms with van der Waals surface area (Å²) in [6.07, 6.45) is 2.13. The van der Waals surface area contributed by atoms with Gasteiger partial charge in [-0.05, 0) is 45.1 Å². The molecule has 1 aromatic heterocycles. The van der Waals surface area contributed by atoms with Crippen LogP contribution in [0.25, 0.3) is 10.9 Å². The summed E-state index contributed by atoms with van der Waals surface area (Å²) >= 11 is 0. The molecule has 3 rings (SSSR count). The number of rotatable bonds is 2. The number of hydrogen-bond donors (Lipinski definition) is 1. The number of aromatic nitrogens is 1. The molecule has 2 heterocycles. The summed E-state index contributed by atoms with van der Waals surface area (Å²) in [6.45, 7) is 2.13. The Balaban J connectivity index is 2.09. The second kappa shape index (κ2) is 4.70. The fourth-order valence-corrected chi connectivity index (χ4v) is 3.01. The first kappa shape index (κ1) is 12.2. The first-order chi connectivity index (χ1) is 9.16. The molecule has 4 nitrogen and oxygen atoms in total. The minimum Gasteiger partial charge on any atom is -0.364 e. The van der Waals surface area contributed by atoms with E-state index in [4.69, 9.17) is 5.73 Å². The Morgan fingerprint density at radius 2 is 1.95 bits per heavy atom. The predicted octanol–water partition coefficient (Wildman–Crippen LogP) is 2.01. The molecule has 100 valence electrons. The SMILES string of the molecule is CN1CCC(n2c(C(N)=O)cc3ccccc32)CC1. The Bertz CT molecular complexity index is 609. The van der Waals surface area contributed by atoms with E-state index in [2.05, 4.69) is 22.6 Å². The van der Waals surface area contributed by atoms with E-state index >= 15 is 0 Å². The molecular weight excluding hydrogens is 238 g/mol. The Morgan fingerprint density at radius 1 is 1.26 bits per heavy atom. The van der Waals surface area contributed by atoms with Crippen molar-refractivity contribution in [1.82, 2.24) is 9.47 Å². The average molecular weight is 257 g/mol. The van der Waals surface area contributed by atoms with Crippen molar-refractivity contribution in [2.75, 3.05) is 20.1 Å². The molecule has 0 aliphatic carbocycles. The highest BCUT2D eigenvalue weighted by Gasteiger charge is 2.23. The average Bonchev–Trinajstić information content (AvgIpc) is 2.79. The molecule has 1 saturated heterocycles. The van der Waals surface area contributed by atoms with Gasteiger partial charge in [0.1, 0.15) is 5.69 Å². The number of fused-ring (bicyclic) bond motifs is 1. The largest absolute Gasteiger partial charge is 0.364 e. The Hall–Kier alpha value is -1.81. The number of para-hydroxylation sites is 1. The van der Waals surface area contributed by atoms with E-state index in [1.54, 1.807) is 0 Å². The van der Waals surface area contributed by atoms with E-state index in [0.29, 0.717) is 11.7 Å². The van der Waals surface area contributed by atoms with E-state index in [0.717, 1.165) is 36.8 Å². The van der Waals surface area contributed by atoms with Gasteiger partial charge >= 0.3 is 0 Å². The standard InChI is InChI=1S/C15H19N3O/c1-17-8-6-12(7-9-17)18-13-5-3-2-4-11(13)10-14(18)15(16)19/h2-5,10,12H,6-9H2,1H3,(H2,16,19). The van der Waals surface area contributed by atoms with Crippen LogP contribution in [-0.2, 0) is 0 Å². The number of amides is 1. The van der Waals surface area contributed by atoms with Crippen molar-refractivity contribution in [3.05, 3.63) is 36.0 Å². The summed E-state index contributed by atoms with van der Waals surface area (Å²) in [7, 11) is 2.14. The van der Waals surface area contributed by atoms with Gasteiger partial charge in [0.05, 0.1) is 0 Å². The number of piperidine rings is 1. The van der Waals surface area contributed by atoms with Crippen LogP contribution in [0.1, 0.15) is 29.4 Å². The van der Waals surface area contributed by atoms with Crippen molar-refractivity contribution >= 4 is 16.8 Å². The molecule has 1 aliphatic heterocycles. The van der Waals surface area contributed by atoms with E-state index in [1.165, 1.54) is 0 Å². The van der Waals surface area contributed by atoms with Gasteiger partial charge in [0.2, 0.25) is 0 Å². The molecule has 1 amide bonds. The van der Waals surface area contributed by atoms with E-state index < -0.39 is 0 Å². The van der Waals surface area contributed by atoms with Crippen molar-refractivity contribution in [2.24, 2.45) is 5.73 Å². The van der Waals surface area contributed by atoms with Crippen molar-refractivity contribution in [1.29, 1.82) is 0 Å². The Kier molecular flexibility index (Phi) is 3.03. The highest BCUT2D eigenvalue weighted by molar-refractivity contribution is 5.97. The second-order valence-electron chi connectivity index (χ2n) is 5.36. The number of nitrogens with zero attached hydrogens (tertiary/aromatic N) is 2. The molecular formula is C15H19N3O. The molecule has 0 saturated carbocycles. The van der Waals surface area contributed by atoms with Crippen LogP contribution in [0.5, 0.6) is 0 Å². The monoisotopic (exact) mass is 257 g/mol. The summed E-state index contributed by atoms with van der Waals surface area (Å²) < 4.78 is 2.14.